The van der Waals surface area contributed by atoms with Crippen LogP contribution in [0.2, 0.25) is 0 Å². The average Bonchev–Trinajstić information content (AvgIpc) is 2.16. The molecule has 2 heteroatoms. The van der Waals surface area contributed by atoms with Crippen LogP contribution in [0.3, 0.4) is 0 Å². The minimum atomic E-state index is -0.152. The van der Waals surface area contributed by atoms with Crippen molar-refractivity contribution in [3.05, 3.63) is 35.6 Å². The van der Waals surface area contributed by atoms with Crippen molar-refractivity contribution in [2.24, 2.45) is 5.41 Å². The molecule has 90 valence electrons. The van der Waals surface area contributed by atoms with E-state index in [1.54, 1.807) is 12.1 Å². The predicted octanol–water partition coefficient (Wildman–Crippen LogP) is 3.39. The van der Waals surface area contributed by atoms with Gasteiger partial charge >= 0.3 is 0 Å². The molecule has 0 aliphatic heterocycles. The summed E-state index contributed by atoms with van der Waals surface area (Å²) in [5, 5.41) is 3.47. The van der Waals surface area contributed by atoms with E-state index in [2.05, 4.69) is 33.0 Å². The summed E-state index contributed by atoms with van der Waals surface area (Å²) in [7, 11) is 0. The Morgan fingerprint density at radius 1 is 1.31 bits per heavy atom. The SMILES string of the molecule is CC(NCCc1cccc(F)c1)C(C)(C)C. The zero-order valence-corrected chi connectivity index (χ0v) is 10.7. The van der Waals surface area contributed by atoms with Gasteiger partial charge in [-0.05, 0) is 43.0 Å². The number of hydrogen-bond donors (Lipinski definition) is 1. The molecule has 0 aliphatic carbocycles. The maximum Gasteiger partial charge on any atom is 0.123 e. The van der Waals surface area contributed by atoms with Crippen molar-refractivity contribution in [2.75, 3.05) is 6.54 Å². The summed E-state index contributed by atoms with van der Waals surface area (Å²) in [6.45, 7) is 9.72. The molecule has 0 radical (unpaired) electrons. The molecule has 0 saturated heterocycles. The molecule has 0 aromatic heterocycles. The second kappa shape index (κ2) is 5.44. The van der Waals surface area contributed by atoms with Crippen molar-refractivity contribution < 1.29 is 4.39 Å². The summed E-state index contributed by atoms with van der Waals surface area (Å²) >= 11 is 0. The van der Waals surface area contributed by atoms with Gasteiger partial charge in [0.15, 0.2) is 0 Å². The Balaban J connectivity index is 2.36. The Labute approximate surface area is 98.1 Å². The first-order valence-electron chi connectivity index (χ1n) is 5.87. The number of rotatable bonds is 4. The molecule has 0 fully saturated rings. The lowest BCUT2D eigenvalue weighted by Crippen LogP contribution is -2.38. The topological polar surface area (TPSA) is 12.0 Å². The van der Waals surface area contributed by atoms with Crippen LogP contribution < -0.4 is 5.32 Å². The van der Waals surface area contributed by atoms with Crippen LogP contribution in [-0.4, -0.2) is 12.6 Å². The molecular formula is C14H22FN. The molecule has 1 nitrogen and oxygen atoms in total. The van der Waals surface area contributed by atoms with Gasteiger partial charge in [-0.2, -0.15) is 0 Å². The van der Waals surface area contributed by atoms with Crippen LogP contribution in [0.4, 0.5) is 4.39 Å². The van der Waals surface area contributed by atoms with E-state index in [-0.39, 0.29) is 11.2 Å². The molecule has 0 amide bonds. The molecule has 1 N–H and O–H groups in total. The van der Waals surface area contributed by atoms with Crippen molar-refractivity contribution in [2.45, 2.75) is 40.2 Å². The first-order valence-corrected chi connectivity index (χ1v) is 5.87. The van der Waals surface area contributed by atoms with Crippen molar-refractivity contribution in [3.8, 4) is 0 Å². The van der Waals surface area contributed by atoms with Crippen LogP contribution in [0.1, 0.15) is 33.3 Å². The lowest BCUT2D eigenvalue weighted by molar-refractivity contribution is 0.288. The van der Waals surface area contributed by atoms with Crippen LogP contribution in [0.5, 0.6) is 0 Å². The van der Waals surface area contributed by atoms with Crippen molar-refractivity contribution in [3.63, 3.8) is 0 Å². The van der Waals surface area contributed by atoms with Crippen LogP contribution >= 0.6 is 0 Å². The lowest BCUT2D eigenvalue weighted by Gasteiger charge is -2.28. The number of hydrogen-bond acceptors (Lipinski definition) is 1. The van der Waals surface area contributed by atoms with Crippen molar-refractivity contribution >= 4 is 0 Å². The Kier molecular flexibility index (Phi) is 4.48. The van der Waals surface area contributed by atoms with Gasteiger partial charge in [-0.3, -0.25) is 0 Å². The van der Waals surface area contributed by atoms with Gasteiger partial charge in [-0.1, -0.05) is 32.9 Å². The van der Waals surface area contributed by atoms with Crippen LogP contribution in [0.15, 0.2) is 24.3 Å². The van der Waals surface area contributed by atoms with E-state index in [0.717, 1.165) is 18.5 Å². The molecule has 1 unspecified atom stereocenters. The quantitative estimate of drug-likeness (QED) is 0.825. The fourth-order valence-electron chi connectivity index (χ4n) is 1.43. The fourth-order valence-corrected chi connectivity index (χ4v) is 1.43. The molecule has 16 heavy (non-hydrogen) atoms. The lowest BCUT2D eigenvalue weighted by atomic mass is 9.88. The number of nitrogens with one attached hydrogen (secondary N) is 1. The minimum Gasteiger partial charge on any atom is -0.313 e. The summed E-state index contributed by atoms with van der Waals surface area (Å²) in [5.41, 5.74) is 1.32. The number of halogens is 1. The third-order valence-electron chi connectivity index (χ3n) is 3.05. The fraction of sp³-hybridized carbons (Fsp3) is 0.571. The van der Waals surface area contributed by atoms with E-state index in [4.69, 9.17) is 0 Å². The monoisotopic (exact) mass is 223 g/mol. The van der Waals surface area contributed by atoms with E-state index in [1.807, 2.05) is 6.07 Å². The maximum atomic E-state index is 12.9. The first kappa shape index (κ1) is 13.2. The largest absolute Gasteiger partial charge is 0.313 e. The first-order chi connectivity index (χ1) is 7.39. The van der Waals surface area contributed by atoms with Crippen LogP contribution in [-0.2, 0) is 6.42 Å². The average molecular weight is 223 g/mol. The summed E-state index contributed by atoms with van der Waals surface area (Å²) in [4.78, 5) is 0. The molecule has 0 heterocycles. The zero-order chi connectivity index (χ0) is 12.2. The van der Waals surface area contributed by atoms with Gasteiger partial charge in [0.2, 0.25) is 0 Å². The highest BCUT2D eigenvalue weighted by atomic mass is 19.1. The Morgan fingerprint density at radius 3 is 2.56 bits per heavy atom. The highest BCUT2D eigenvalue weighted by molar-refractivity contribution is 5.16. The van der Waals surface area contributed by atoms with Crippen LogP contribution in [0.25, 0.3) is 0 Å². The number of benzene rings is 1. The Hall–Kier alpha value is -0.890. The predicted molar refractivity (Wildman–Crippen MR) is 67.0 cm³/mol. The highest BCUT2D eigenvalue weighted by Crippen LogP contribution is 2.18. The van der Waals surface area contributed by atoms with E-state index >= 15 is 0 Å². The normalized spacial score (nSPS) is 13.8. The molecule has 1 atom stereocenters. The molecule has 1 aromatic carbocycles. The molecule has 1 rings (SSSR count). The zero-order valence-electron chi connectivity index (χ0n) is 10.7. The van der Waals surface area contributed by atoms with Gasteiger partial charge in [0.1, 0.15) is 5.82 Å². The van der Waals surface area contributed by atoms with E-state index in [9.17, 15) is 4.39 Å². The molecule has 0 spiro atoms. The summed E-state index contributed by atoms with van der Waals surface area (Å²) in [6, 6.07) is 7.27. The minimum absolute atomic E-state index is 0.152. The Bertz CT molecular complexity index is 328. The third-order valence-corrected chi connectivity index (χ3v) is 3.05. The summed E-state index contributed by atoms with van der Waals surface area (Å²) < 4.78 is 12.9. The van der Waals surface area contributed by atoms with Gasteiger partial charge in [-0.25, -0.2) is 4.39 Å². The standard InChI is InChI=1S/C14H22FN/c1-11(14(2,3)4)16-9-8-12-6-5-7-13(15)10-12/h5-7,10-11,16H,8-9H2,1-4H3. The molecular weight excluding hydrogens is 201 g/mol. The van der Waals surface area contributed by atoms with Gasteiger partial charge in [0, 0.05) is 6.04 Å². The van der Waals surface area contributed by atoms with Gasteiger partial charge in [-0.15, -0.1) is 0 Å². The summed E-state index contributed by atoms with van der Waals surface area (Å²) in [6.07, 6.45) is 0.873. The Morgan fingerprint density at radius 2 is 2.00 bits per heavy atom. The second-order valence-corrected chi connectivity index (χ2v) is 5.42. The molecule has 0 saturated carbocycles. The van der Waals surface area contributed by atoms with E-state index in [1.165, 1.54) is 6.07 Å². The molecule has 1 aromatic rings. The van der Waals surface area contributed by atoms with E-state index < -0.39 is 0 Å². The smallest absolute Gasteiger partial charge is 0.123 e. The second-order valence-electron chi connectivity index (χ2n) is 5.42. The van der Waals surface area contributed by atoms with Crippen molar-refractivity contribution in [1.82, 2.24) is 5.32 Å². The third kappa shape index (κ3) is 4.31. The molecule has 0 aliphatic rings. The highest BCUT2D eigenvalue weighted by Gasteiger charge is 2.18. The summed E-state index contributed by atoms with van der Waals surface area (Å²) in [5.74, 6) is -0.152. The molecule has 0 bridgehead atoms. The van der Waals surface area contributed by atoms with Crippen molar-refractivity contribution in [1.29, 1.82) is 0 Å². The van der Waals surface area contributed by atoms with Crippen LogP contribution in [0, 0.1) is 11.2 Å². The van der Waals surface area contributed by atoms with Gasteiger partial charge < -0.3 is 5.32 Å². The van der Waals surface area contributed by atoms with Gasteiger partial charge in [0.05, 0.1) is 0 Å². The van der Waals surface area contributed by atoms with E-state index in [0.29, 0.717) is 6.04 Å². The maximum absolute atomic E-state index is 12.9. The van der Waals surface area contributed by atoms with Gasteiger partial charge in [0.25, 0.3) is 0 Å².